The van der Waals surface area contributed by atoms with Crippen molar-refractivity contribution in [3.05, 3.63) is 65.4 Å². The van der Waals surface area contributed by atoms with Gasteiger partial charge in [0.05, 0.1) is 23.7 Å². The van der Waals surface area contributed by atoms with Gasteiger partial charge in [0.2, 0.25) is 0 Å². The molecule has 2 aromatic heterocycles. The van der Waals surface area contributed by atoms with Crippen molar-refractivity contribution >= 4 is 11.8 Å². The van der Waals surface area contributed by atoms with Crippen LogP contribution in [0.2, 0.25) is 0 Å². The number of carbonyl (C=O) groups is 1. The maximum absolute atomic E-state index is 12.2. The predicted octanol–water partition coefficient (Wildman–Crippen LogP) is 2.75. The molecular formula is C19H22N6O2. The van der Waals surface area contributed by atoms with E-state index in [0.717, 1.165) is 22.6 Å². The highest BCUT2D eigenvalue weighted by Gasteiger charge is 2.10. The molecule has 1 aromatic carbocycles. The first kappa shape index (κ1) is 18.5. The number of para-hydroxylation sites is 1. The van der Waals surface area contributed by atoms with Crippen LogP contribution in [0.3, 0.4) is 0 Å². The van der Waals surface area contributed by atoms with Crippen molar-refractivity contribution in [2.75, 3.05) is 12.4 Å². The molecule has 0 unspecified atom stereocenters. The average molecular weight is 366 g/mol. The van der Waals surface area contributed by atoms with E-state index in [1.165, 1.54) is 6.33 Å². The van der Waals surface area contributed by atoms with Gasteiger partial charge in [0.15, 0.2) is 0 Å². The van der Waals surface area contributed by atoms with E-state index < -0.39 is 0 Å². The van der Waals surface area contributed by atoms with Gasteiger partial charge in [-0.3, -0.25) is 5.32 Å². The quantitative estimate of drug-likeness (QED) is 0.700. The number of carbonyl (C=O) groups excluding carboxylic acids is 1. The molecule has 27 heavy (non-hydrogen) atoms. The van der Waals surface area contributed by atoms with Gasteiger partial charge in [0.25, 0.3) is 0 Å². The minimum absolute atomic E-state index is 0.347. The van der Waals surface area contributed by atoms with E-state index in [0.29, 0.717) is 24.7 Å². The van der Waals surface area contributed by atoms with E-state index in [9.17, 15) is 4.79 Å². The van der Waals surface area contributed by atoms with Crippen molar-refractivity contribution in [2.45, 2.75) is 27.0 Å². The SMILES string of the molecule is COCc1cc(NC(=O)NCc2ccccc2-n2nc(C)cc2C)ncn1. The number of aromatic nitrogens is 4. The Labute approximate surface area is 157 Å². The van der Waals surface area contributed by atoms with E-state index in [1.54, 1.807) is 13.2 Å². The Kier molecular flexibility index (Phi) is 5.77. The van der Waals surface area contributed by atoms with E-state index >= 15 is 0 Å². The highest BCUT2D eigenvalue weighted by Crippen LogP contribution is 2.17. The zero-order valence-corrected chi connectivity index (χ0v) is 15.6. The normalized spacial score (nSPS) is 10.6. The van der Waals surface area contributed by atoms with E-state index in [4.69, 9.17) is 4.74 Å². The topological polar surface area (TPSA) is 94.0 Å². The van der Waals surface area contributed by atoms with Crippen LogP contribution in [0.4, 0.5) is 10.6 Å². The van der Waals surface area contributed by atoms with Crippen molar-refractivity contribution in [1.29, 1.82) is 0 Å². The summed E-state index contributed by atoms with van der Waals surface area (Å²) in [5.74, 6) is 0.418. The van der Waals surface area contributed by atoms with Crippen LogP contribution in [0.15, 0.2) is 42.7 Å². The summed E-state index contributed by atoms with van der Waals surface area (Å²) >= 11 is 0. The average Bonchev–Trinajstić information content (AvgIpc) is 2.99. The second-order valence-electron chi connectivity index (χ2n) is 6.10. The minimum atomic E-state index is -0.347. The van der Waals surface area contributed by atoms with Crippen molar-refractivity contribution < 1.29 is 9.53 Å². The monoisotopic (exact) mass is 366 g/mol. The fraction of sp³-hybridized carbons (Fsp3) is 0.263. The fourth-order valence-corrected chi connectivity index (χ4v) is 2.77. The van der Waals surface area contributed by atoms with Gasteiger partial charge in [-0.25, -0.2) is 19.4 Å². The maximum atomic E-state index is 12.2. The van der Waals surface area contributed by atoms with Crippen molar-refractivity contribution in [3.63, 3.8) is 0 Å². The minimum Gasteiger partial charge on any atom is -0.378 e. The predicted molar refractivity (Wildman–Crippen MR) is 102 cm³/mol. The Hall–Kier alpha value is -3.26. The molecule has 3 aromatic rings. The lowest BCUT2D eigenvalue weighted by atomic mass is 10.1. The number of urea groups is 1. The van der Waals surface area contributed by atoms with Crippen LogP contribution in [-0.2, 0) is 17.9 Å². The molecule has 2 amide bonds. The molecule has 0 saturated heterocycles. The summed E-state index contributed by atoms with van der Waals surface area (Å²) in [5.41, 5.74) is 4.58. The summed E-state index contributed by atoms with van der Waals surface area (Å²) in [6.45, 7) is 4.67. The van der Waals surface area contributed by atoms with Gasteiger partial charge in [0, 0.05) is 25.4 Å². The number of aryl methyl sites for hydroxylation is 2. The molecule has 0 spiro atoms. The van der Waals surface area contributed by atoms with Crippen molar-refractivity contribution in [3.8, 4) is 5.69 Å². The summed E-state index contributed by atoms with van der Waals surface area (Å²) in [4.78, 5) is 20.3. The van der Waals surface area contributed by atoms with Gasteiger partial charge in [0.1, 0.15) is 12.1 Å². The largest absolute Gasteiger partial charge is 0.378 e. The second kappa shape index (κ2) is 8.41. The molecule has 2 N–H and O–H groups in total. The molecular weight excluding hydrogens is 344 g/mol. The third-order valence-corrected chi connectivity index (χ3v) is 3.93. The Morgan fingerprint density at radius 1 is 1.19 bits per heavy atom. The maximum Gasteiger partial charge on any atom is 0.320 e. The summed E-state index contributed by atoms with van der Waals surface area (Å²) in [6.07, 6.45) is 1.39. The van der Waals surface area contributed by atoms with Gasteiger partial charge >= 0.3 is 6.03 Å². The summed E-state index contributed by atoms with van der Waals surface area (Å²) < 4.78 is 6.91. The summed E-state index contributed by atoms with van der Waals surface area (Å²) in [5, 5.41) is 10.1. The second-order valence-corrected chi connectivity index (χ2v) is 6.10. The number of nitrogens with zero attached hydrogens (tertiary/aromatic N) is 4. The number of benzene rings is 1. The first-order valence-corrected chi connectivity index (χ1v) is 8.53. The molecule has 2 heterocycles. The van der Waals surface area contributed by atoms with E-state index in [2.05, 4.69) is 25.7 Å². The lowest BCUT2D eigenvalue weighted by molar-refractivity contribution is 0.181. The smallest absolute Gasteiger partial charge is 0.320 e. The molecule has 0 atom stereocenters. The standard InChI is InChI=1S/C19H22N6O2/c1-13-8-14(2)25(24-13)17-7-5-4-6-15(17)10-20-19(26)23-18-9-16(11-27-3)21-12-22-18/h4-9,12H,10-11H2,1-3H3,(H2,20,21,22,23,26). The number of hydrogen-bond acceptors (Lipinski definition) is 5. The van der Waals surface area contributed by atoms with Gasteiger partial charge in [-0.15, -0.1) is 0 Å². The highest BCUT2D eigenvalue weighted by molar-refractivity contribution is 5.88. The third-order valence-electron chi connectivity index (χ3n) is 3.93. The van der Waals surface area contributed by atoms with Crippen LogP contribution in [0, 0.1) is 13.8 Å². The molecule has 0 fully saturated rings. The molecule has 0 aliphatic heterocycles. The van der Waals surface area contributed by atoms with Crippen LogP contribution < -0.4 is 10.6 Å². The molecule has 0 radical (unpaired) electrons. The lowest BCUT2D eigenvalue weighted by Crippen LogP contribution is -2.29. The first-order chi connectivity index (χ1) is 13.1. The van der Waals surface area contributed by atoms with Gasteiger partial charge < -0.3 is 10.1 Å². The third kappa shape index (κ3) is 4.68. The number of rotatable bonds is 6. The zero-order valence-electron chi connectivity index (χ0n) is 15.6. The number of nitrogens with one attached hydrogen (secondary N) is 2. The number of anilines is 1. The van der Waals surface area contributed by atoms with Crippen molar-refractivity contribution in [2.24, 2.45) is 0 Å². The Balaban J connectivity index is 1.68. The summed E-state index contributed by atoms with van der Waals surface area (Å²) in [6, 6.07) is 11.2. The molecule has 3 rings (SSSR count). The lowest BCUT2D eigenvalue weighted by Gasteiger charge is -2.12. The zero-order chi connectivity index (χ0) is 19.2. The fourth-order valence-electron chi connectivity index (χ4n) is 2.77. The van der Waals surface area contributed by atoms with Gasteiger partial charge in [-0.05, 0) is 31.5 Å². The summed E-state index contributed by atoms with van der Waals surface area (Å²) in [7, 11) is 1.59. The molecule has 0 aliphatic carbocycles. The molecule has 8 heteroatoms. The number of amides is 2. The van der Waals surface area contributed by atoms with Crippen LogP contribution >= 0.6 is 0 Å². The van der Waals surface area contributed by atoms with Crippen LogP contribution in [0.1, 0.15) is 22.6 Å². The molecule has 0 bridgehead atoms. The highest BCUT2D eigenvalue weighted by atomic mass is 16.5. The molecule has 140 valence electrons. The van der Waals surface area contributed by atoms with E-state index in [-0.39, 0.29) is 6.03 Å². The van der Waals surface area contributed by atoms with Crippen molar-refractivity contribution in [1.82, 2.24) is 25.1 Å². The van der Waals surface area contributed by atoms with E-state index in [1.807, 2.05) is 48.9 Å². The Morgan fingerprint density at radius 3 is 2.74 bits per heavy atom. The molecule has 0 aliphatic rings. The first-order valence-electron chi connectivity index (χ1n) is 8.53. The molecule has 0 saturated carbocycles. The Bertz CT molecular complexity index is 937. The van der Waals surface area contributed by atoms with Crippen LogP contribution in [0.25, 0.3) is 5.69 Å². The number of hydrogen-bond donors (Lipinski definition) is 2. The number of ether oxygens (including phenoxy) is 1. The Morgan fingerprint density at radius 2 is 2.00 bits per heavy atom. The van der Waals surface area contributed by atoms with Gasteiger partial charge in [-0.2, -0.15) is 5.10 Å². The number of methoxy groups -OCH3 is 1. The van der Waals surface area contributed by atoms with Gasteiger partial charge in [-0.1, -0.05) is 18.2 Å². The van der Waals surface area contributed by atoms with Crippen LogP contribution in [-0.4, -0.2) is 32.9 Å². The van der Waals surface area contributed by atoms with Crippen LogP contribution in [0.5, 0.6) is 0 Å². The molecule has 8 nitrogen and oxygen atoms in total.